The minimum absolute atomic E-state index is 0.0112. The fourth-order valence-electron chi connectivity index (χ4n) is 1.89. The maximum absolute atomic E-state index is 13.7. The number of benzene rings is 2. The van der Waals surface area contributed by atoms with Crippen LogP contribution in [0, 0.1) is 17.1 Å². The monoisotopic (exact) mass is 349 g/mol. The molecule has 108 valence electrons. The van der Waals surface area contributed by atoms with Gasteiger partial charge in [-0.05, 0) is 43.3 Å². The molecule has 1 atom stereocenters. The smallest absolute Gasteiger partial charge is 0.129 e. The first-order valence-electron chi connectivity index (χ1n) is 6.30. The van der Waals surface area contributed by atoms with E-state index >= 15 is 0 Å². The minimum atomic E-state index is -0.701. The fourth-order valence-corrected chi connectivity index (χ4v) is 2.27. The molecule has 0 spiro atoms. The number of ether oxygens (including phenoxy) is 1. The van der Waals surface area contributed by atoms with E-state index in [1.807, 2.05) is 6.07 Å². The third kappa shape index (κ3) is 3.81. The Kier molecular flexibility index (Phi) is 4.94. The van der Waals surface area contributed by atoms with Crippen molar-refractivity contribution in [2.24, 2.45) is 0 Å². The number of nitriles is 1. The molecule has 0 unspecified atom stereocenters. The predicted octanol–water partition coefficient (Wildman–Crippen LogP) is 4.09. The van der Waals surface area contributed by atoms with Crippen LogP contribution < -0.4 is 4.74 Å². The zero-order chi connectivity index (χ0) is 15.4. The first-order chi connectivity index (χ1) is 10.0. The molecule has 2 rings (SSSR count). The number of aliphatic hydroxyl groups is 1. The highest BCUT2D eigenvalue weighted by Crippen LogP contribution is 2.29. The van der Waals surface area contributed by atoms with Crippen molar-refractivity contribution < 1.29 is 14.2 Å². The van der Waals surface area contributed by atoms with Crippen LogP contribution in [0.3, 0.4) is 0 Å². The average Bonchev–Trinajstić information content (AvgIpc) is 2.47. The summed E-state index contributed by atoms with van der Waals surface area (Å²) in [4.78, 5) is 0. The molecule has 0 heterocycles. The van der Waals surface area contributed by atoms with Gasteiger partial charge in [0.1, 0.15) is 18.2 Å². The zero-order valence-electron chi connectivity index (χ0n) is 11.3. The van der Waals surface area contributed by atoms with Crippen molar-refractivity contribution in [2.45, 2.75) is 19.6 Å². The normalized spacial score (nSPS) is 11.8. The van der Waals surface area contributed by atoms with E-state index in [-0.39, 0.29) is 6.61 Å². The van der Waals surface area contributed by atoms with Crippen LogP contribution in [0.1, 0.15) is 29.7 Å². The van der Waals surface area contributed by atoms with E-state index in [2.05, 4.69) is 15.9 Å². The van der Waals surface area contributed by atoms with Crippen LogP contribution in [-0.4, -0.2) is 5.11 Å². The van der Waals surface area contributed by atoms with Gasteiger partial charge in [-0.15, -0.1) is 0 Å². The molecule has 0 radical (unpaired) electrons. The maximum atomic E-state index is 13.7. The van der Waals surface area contributed by atoms with E-state index in [1.165, 1.54) is 18.2 Å². The van der Waals surface area contributed by atoms with Crippen molar-refractivity contribution in [3.8, 4) is 11.8 Å². The standard InChI is InChI=1S/C16H13BrFNO2/c1-10(20)14-7-13(17)3-5-16(14)21-9-12-6-11(8-19)2-4-15(12)18/h2-7,10,20H,9H2,1H3/t10-/m0/s1. The summed E-state index contributed by atoms with van der Waals surface area (Å²) in [5.74, 6) is 0.0552. The molecule has 0 aliphatic heterocycles. The molecule has 0 saturated heterocycles. The highest BCUT2D eigenvalue weighted by molar-refractivity contribution is 9.10. The third-order valence-electron chi connectivity index (χ3n) is 2.98. The molecule has 0 aliphatic carbocycles. The summed E-state index contributed by atoms with van der Waals surface area (Å²) >= 11 is 3.33. The summed E-state index contributed by atoms with van der Waals surface area (Å²) in [6.45, 7) is 1.62. The van der Waals surface area contributed by atoms with E-state index in [1.54, 1.807) is 25.1 Å². The van der Waals surface area contributed by atoms with Crippen LogP contribution in [-0.2, 0) is 6.61 Å². The first kappa shape index (κ1) is 15.5. The summed E-state index contributed by atoms with van der Waals surface area (Å²) in [6, 6.07) is 11.3. The van der Waals surface area contributed by atoms with Crippen LogP contribution in [0.2, 0.25) is 0 Å². The van der Waals surface area contributed by atoms with Gasteiger partial charge in [0, 0.05) is 15.6 Å². The molecule has 0 fully saturated rings. The Morgan fingerprint density at radius 3 is 2.76 bits per heavy atom. The number of halogens is 2. The van der Waals surface area contributed by atoms with E-state index in [0.717, 1.165) is 4.47 Å². The Hall–Kier alpha value is -1.90. The lowest BCUT2D eigenvalue weighted by molar-refractivity contribution is 0.189. The van der Waals surface area contributed by atoms with Crippen molar-refractivity contribution in [1.82, 2.24) is 0 Å². The molecule has 0 bridgehead atoms. The quantitative estimate of drug-likeness (QED) is 0.904. The van der Waals surface area contributed by atoms with Gasteiger partial charge in [-0.1, -0.05) is 15.9 Å². The Balaban J connectivity index is 2.23. The van der Waals surface area contributed by atoms with Gasteiger partial charge in [0.05, 0.1) is 17.7 Å². The predicted molar refractivity (Wildman–Crippen MR) is 80.2 cm³/mol. The first-order valence-corrected chi connectivity index (χ1v) is 7.09. The van der Waals surface area contributed by atoms with Crippen LogP contribution in [0.4, 0.5) is 4.39 Å². The molecular weight excluding hydrogens is 337 g/mol. The summed E-state index contributed by atoms with van der Waals surface area (Å²) in [7, 11) is 0. The highest BCUT2D eigenvalue weighted by atomic mass is 79.9. The summed E-state index contributed by atoms with van der Waals surface area (Å²) in [6.07, 6.45) is -0.701. The largest absolute Gasteiger partial charge is 0.488 e. The Morgan fingerprint density at radius 1 is 1.33 bits per heavy atom. The molecule has 0 aromatic heterocycles. The second-order valence-electron chi connectivity index (χ2n) is 4.56. The minimum Gasteiger partial charge on any atom is -0.488 e. The number of hydrogen-bond acceptors (Lipinski definition) is 3. The second kappa shape index (κ2) is 6.70. The summed E-state index contributed by atoms with van der Waals surface area (Å²) < 4.78 is 20.1. The second-order valence-corrected chi connectivity index (χ2v) is 5.48. The van der Waals surface area contributed by atoms with Gasteiger partial charge < -0.3 is 9.84 Å². The lowest BCUT2D eigenvalue weighted by Gasteiger charge is -2.14. The molecule has 1 N–H and O–H groups in total. The zero-order valence-corrected chi connectivity index (χ0v) is 12.9. The van der Waals surface area contributed by atoms with Crippen molar-refractivity contribution in [1.29, 1.82) is 5.26 Å². The van der Waals surface area contributed by atoms with Gasteiger partial charge in [-0.3, -0.25) is 0 Å². The fraction of sp³-hybridized carbons (Fsp3) is 0.188. The topological polar surface area (TPSA) is 53.2 Å². The molecule has 2 aromatic carbocycles. The lowest BCUT2D eigenvalue weighted by Crippen LogP contribution is -2.03. The average molecular weight is 350 g/mol. The molecule has 21 heavy (non-hydrogen) atoms. The lowest BCUT2D eigenvalue weighted by atomic mass is 10.1. The van der Waals surface area contributed by atoms with E-state index in [0.29, 0.717) is 22.4 Å². The van der Waals surface area contributed by atoms with Gasteiger partial charge in [-0.2, -0.15) is 5.26 Å². The third-order valence-corrected chi connectivity index (χ3v) is 3.47. The van der Waals surface area contributed by atoms with E-state index in [4.69, 9.17) is 10.00 Å². The number of aliphatic hydroxyl groups excluding tert-OH is 1. The van der Waals surface area contributed by atoms with Crippen molar-refractivity contribution in [3.05, 3.63) is 63.4 Å². The molecule has 5 heteroatoms. The molecule has 3 nitrogen and oxygen atoms in total. The van der Waals surface area contributed by atoms with Gasteiger partial charge in [0.15, 0.2) is 0 Å². The molecule has 0 aliphatic rings. The maximum Gasteiger partial charge on any atom is 0.129 e. The molecule has 2 aromatic rings. The summed E-state index contributed by atoms with van der Waals surface area (Å²) in [5, 5.41) is 18.6. The molecule has 0 saturated carbocycles. The van der Waals surface area contributed by atoms with Gasteiger partial charge in [0.2, 0.25) is 0 Å². The SMILES string of the molecule is C[C@H](O)c1cc(Br)ccc1OCc1cc(C#N)ccc1F. The van der Waals surface area contributed by atoms with E-state index < -0.39 is 11.9 Å². The number of hydrogen-bond donors (Lipinski definition) is 1. The van der Waals surface area contributed by atoms with Crippen LogP contribution in [0.15, 0.2) is 40.9 Å². The van der Waals surface area contributed by atoms with Crippen molar-refractivity contribution >= 4 is 15.9 Å². The van der Waals surface area contributed by atoms with Crippen LogP contribution in [0.5, 0.6) is 5.75 Å². The van der Waals surface area contributed by atoms with Gasteiger partial charge in [-0.25, -0.2) is 4.39 Å². The Bertz CT molecular complexity index is 695. The van der Waals surface area contributed by atoms with Crippen LogP contribution in [0.25, 0.3) is 0 Å². The van der Waals surface area contributed by atoms with E-state index in [9.17, 15) is 9.50 Å². The number of rotatable bonds is 4. The van der Waals surface area contributed by atoms with Gasteiger partial charge in [0.25, 0.3) is 0 Å². The Labute approximate surface area is 130 Å². The molecular formula is C16H13BrFNO2. The van der Waals surface area contributed by atoms with Crippen LogP contribution >= 0.6 is 15.9 Å². The van der Waals surface area contributed by atoms with Crippen molar-refractivity contribution in [2.75, 3.05) is 0 Å². The summed E-state index contributed by atoms with van der Waals surface area (Å²) in [5.41, 5.74) is 1.29. The highest BCUT2D eigenvalue weighted by Gasteiger charge is 2.11. The number of nitrogens with zero attached hydrogens (tertiary/aromatic N) is 1. The Morgan fingerprint density at radius 2 is 2.10 bits per heavy atom. The van der Waals surface area contributed by atoms with Crippen molar-refractivity contribution in [3.63, 3.8) is 0 Å². The molecule has 0 amide bonds. The van der Waals surface area contributed by atoms with Gasteiger partial charge >= 0.3 is 0 Å².